The zero-order valence-corrected chi connectivity index (χ0v) is 16.0. The van der Waals surface area contributed by atoms with E-state index in [0.29, 0.717) is 5.92 Å². The molecule has 0 spiro atoms. The lowest BCUT2D eigenvalue weighted by Crippen LogP contribution is -2.44. The van der Waals surface area contributed by atoms with E-state index in [1.54, 1.807) is 0 Å². The summed E-state index contributed by atoms with van der Waals surface area (Å²) in [6.45, 7) is 7.89. The Bertz CT molecular complexity index is 710. The van der Waals surface area contributed by atoms with Crippen molar-refractivity contribution in [3.8, 4) is 0 Å². The average Bonchev–Trinajstić information content (AvgIpc) is 3.23. The molecular formula is C19H26N4OS. The van der Waals surface area contributed by atoms with Crippen LogP contribution in [0.25, 0.3) is 0 Å². The minimum atomic E-state index is -0.112. The average molecular weight is 359 g/mol. The van der Waals surface area contributed by atoms with Crippen LogP contribution < -0.4 is 10.2 Å². The molecule has 1 aliphatic rings. The minimum absolute atomic E-state index is 0.112. The second kappa shape index (κ2) is 7.95. The molecule has 0 unspecified atom stereocenters. The third kappa shape index (κ3) is 4.57. The normalized spacial score (nSPS) is 17.3. The van der Waals surface area contributed by atoms with Gasteiger partial charge in [0.2, 0.25) is 11.0 Å². The molecule has 134 valence electrons. The van der Waals surface area contributed by atoms with E-state index in [-0.39, 0.29) is 11.9 Å². The van der Waals surface area contributed by atoms with E-state index in [0.717, 1.165) is 43.3 Å². The van der Waals surface area contributed by atoms with E-state index in [1.165, 1.54) is 22.7 Å². The maximum absolute atomic E-state index is 12.5. The Morgan fingerprint density at radius 3 is 2.84 bits per heavy atom. The summed E-state index contributed by atoms with van der Waals surface area (Å²) in [6, 6.07) is 8.34. The van der Waals surface area contributed by atoms with Gasteiger partial charge in [0.15, 0.2) is 0 Å². The van der Waals surface area contributed by atoms with Crippen molar-refractivity contribution in [2.45, 2.75) is 46.1 Å². The van der Waals surface area contributed by atoms with E-state index < -0.39 is 0 Å². The van der Waals surface area contributed by atoms with Gasteiger partial charge in [0.1, 0.15) is 11.9 Å². The molecule has 1 N–H and O–H groups in total. The van der Waals surface area contributed by atoms with Crippen LogP contribution in [0.15, 0.2) is 24.3 Å². The number of aryl methyl sites for hydroxylation is 1. The van der Waals surface area contributed by atoms with Crippen molar-refractivity contribution in [2.24, 2.45) is 5.92 Å². The zero-order valence-electron chi connectivity index (χ0n) is 15.2. The van der Waals surface area contributed by atoms with Gasteiger partial charge < -0.3 is 10.2 Å². The Hall–Kier alpha value is -1.95. The first-order chi connectivity index (χ1) is 12.0. The van der Waals surface area contributed by atoms with Crippen molar-refractivity contribution in [2.75, 3.05) is 18.0 Å². The fourth-order valence-corrected chi connectivity index (χ4v) is 3.77. The highest BCUT2D eigenvalue weighted by molar-refractivity contribution is 7.09. The van der Waals surface area contributed by atoms with Crippen LogP contribution in [0.2, 0.25) is 0 Å². The van der Waals surface area contributed by atoms with Crippen LogP contribution in [-0.2, 0) is 11.2 Å². The maximum Gasteiger partial charge on any atom is 0.242 e. The molecule has 1 aliphatic heterocycles. The highest BCUT2D eigenvalue weighted by atomic mass is 32.1. The number of carbonyl (C=O) groups excluding carboxylic acids is 1. The van der Waals surface area contributed by atoms with E-state index >= 15 is 0 Å². The number of benzene rings is 1. The van der Waals surface area contributed by atoms with Crippen molar-refractivity contribution >= 4 is 22.6 Å². The summed E-state index contributed by atoms with van der Waals surface area (Å²) in [4.78, 5) is 19.3. The summed E-state index contributed by atoms with van der Waals surface area (Å²) < 4.78 is 4.50. The first kappa shape index (κ1) is 17.9. The molecular weight excluding hydrogens is 332 g/mol. The van der Waals surface area contributed by atoms with E-state index in [4.69, 9.17) is 4.98 Å². The van der Waals surface area contributed by atoms with Gasteiger partial charge in [-0.1, -0.05) is 43.7 Å². The predicted molar refractivity (Wildman–Crippen MR) is 102 cm³/mol. The van der Waals surface area contributed by atoms with Crippen LogP contribution in [-0.4, -0.2) is 34.4 Å². The molecule has 6 heteroatoms. The summed E-state index contributed by atoms with van der Waals surface area (Å²) in [5.41, 5.74) is 2.46. The summed E-state index contributed by atoms with van der Waals surface area (Å²) in [7, 11) is 0. The number of hydrogen-bond donors (Lipinski definition) is 1. The van der Waals surface area contributed by atoms with Crippen LogP contribution in [0, 0.1) is 12.8 Å². The molecule has 1 saturated heterocycles. The van der Waals surface area contributed by atoms with Gasteiger partial charge in [0, 0.05) is 31.0 Å². The van der Waals surface area contributed by atoms with Crippen molar-refractivity contribution < 1.29 is 4.79 Å². The van der Waals surface area contributed by atoms with Crippen LogP contribution in [0.1, 0.15) is 43.6 Å². The quantitative estimate of drug-likeness (QED) is 0.862. The first-order valence-corrected chi connectivity index (χ1v) is 9.72. The molecule has 2 aromatic rings. The monoisotopic (exact) mass is 358 g/mol. The predicted octanol–water partition coefficient (Wildman–Crippen LogP) is 3.18. The van der Waals surface area contributed by atoms with Gasteiger partial charge in [-0.3, -0.25) is 4.79 Å². The Morgan fingerprint density at radius 2 is 2.12 bits per heavy atom. The molecule has 5 nitrogen and oxygen atoms in total. The van der Waals surface area contributed by atoms with Gasteiger partial charge in [0.25, 0.3) is 0 Å². The second-order valence-electron chi connectivity index (χ2n) is 7.15. The number of nitrogens with one attached hydrogen (secondary N) is 1. The molecule has 0 radical (unpaired) electrons. The molecule has 2 heterocycles. The standard InChI is InChI=1S/C19H26N4OS/c1-13(2)12-20-18(24)16-5-4-10-23(16)19-21-17(22-25-19)11-15-8-6-14(3)7-9-15/h6-9,13,16H,4-5,10-12H2,1-3H3,(H,20,24)/t16-/m1/s1. The highest BCUT2D eigenvalue weighted by Crippen LogP contribution is 2.27. The molecule has 0 saturated carbocycles. The van der Waals surface area contributed by atoms with Crippen LogP contribution in [0.5, 0.6) is 0 Å². The number of nitrogens with zero attached hydrogens (tertiary/aromatic N) is 3. The molecule has 25 heavy (non-hydrogen) atoms. The molecule has 1 aromatic heterocycles. The summed E-state index contributed by atoms with van der Waals surface area (Å²) >= 11 is 1.40. The number of hydrogen-bond acceptors (Lipinski definition) is 5. The number of aromatic nitrogens is 2. The summed E-state index contributed by atoms with van der Waals surface area (Å²) in [6.07, 6.45) is 2.64. The molecule has 0 bridgehead atoms. The van der Waals surface area contributed by atoms with E-state index in [1.807, 2.05) is 0 Å². The third-order valence-electron chi connectivity index (χ3n) is 4.43. The lowest BCUT2D eigenvalue weighted by molar-refractivity contribution is -0.122. The molecule has 1 atom stereocenters. The maximum atomic E-state index is 12.5. The largest absolute Gasteiger partial charge is 0.354 e. The first-order valence-electron chi connectivity index (χ1n) is 8.95. The summed E-state index contributed by atoms with van der Waals surface area (Å²) in [5.74, 6) is 1.40. The number of carbonyl (C=O) groups is 1. The van der Waals surface area contributed by atoms with Crippen LogP contribution in [0.4, 0.5) is 5.13 Å². The van der Waals surface area contributed by atoms with E-state index in [2.05, 4.69) is 59.6 Å². The second-order valence-corrected chi connectivity index (χ2v) is 7.88. The lowest BCUT2D eigenvalue weighted by atomic mass is 10.1. The number of rotatable bonds is 6. The number of amides is 1. The Morgan fingerprint density at radius 1 is 1.36 bits per heavy atom. The van der Waals surface area contributed by atoms with Crippen molar-refractivity contribution in [3.63, 3.8) is 0 Å². The van der Waals surface area contributed by atoms with Gasteiger partial charge in [-0.25, -0.2) is 4.98 Å². The zero-order chi connectivity index (χ0) is 17.8. The van der Waals surface area contributed by atoms with Gasteiger partial charge in [-0.15, -0.1) is 0 Å². The highest BCUT2D eigenvalue weighted by Gasteiger charge is 2.32. The molecule has 1 fully saturated rings. The van der Waals surface area contributed by atoms with Crippen molar-refractivity contribution in [3.05, 3.63) is 41.2 Å². The molecule has 3 rings (SSSR count). The lowest BCUT2D eigenvalue weighted by Gasteiger charge is -2.23. The topological polar surface area (TPSA) is 58.1 Å². The molecule has 1 aromatic carbocycles. The van der Waals surface area contributed by atoms with Gasteiger partial charge in [-0.05, 0) is 31.2 Å². The van der Waals surface area contributed by atoms with Gasteiger partial charge in [0.05, 0.1) is 0 Å². The van der Waals surface area contributed by atoms with Gasteiger partial charge in [-0.2, -0.15) is 4.37 Å². The Balaban J connectivity index is 1.66. The Kier molecular flexibility index (Phi) is 5.68. The summed E-state index contributed by atoms with van der Waals surface area (Å²) in [5, 5.41) is 3.92. The Labute approximate surface area is 153 Å². The fraction of sp³-hybridized carbons (Fsp3) is 0.526. The third-order valence-corrected chi connectivity index (χ3v) is 5.22. The SMILES string of the molecule is Cc1ccc(Cc2nsc(N3CCC[C@@H]3C(=O)NCC(C)C)n2)cc1. The molecule has 1 amide bonds. The van der Waals surface area contributed by atoms with Crippen LogP contribution in [0.3, 0.4) is 0 Å². The van der Waals surface area contributed by atoms with Crippen LogP contribution >= 0.6 is 11.5 Å². The smallest absolute Gasteiger partial charge is 0.242 e. The van der Waals surface area contributed by atoms with Gasteiger partial charge >= 0.3 is 0 Å². The van der Waals surface area contributed by atoms with Crippen molar-refractivity contribution in [1.29, 1.82) is 0 Å². The van der Waals surface area contributed by atoms with E-state index in [9.17, 15) is 4.79 Å². The number of anilines is 1. The molecule has 0 aliphatic carbocycles. The fourth-order valence-electron chi connectivity index (χ4n) is 3.01. The minimum Gasteiger partial charge on any atom is -0.354 e. The van der Waals surface area contributed by atoms with Crippen molar-refractivity contribution in [1.82, 2.24) is 14.7 Å².